The normalized spacial score (nSPS) is 12.4. The number of hydrogen-bond acceptors (Lipinski definition) is 14. The van der Waals surface area contributed by atoms with E-state index in [0.717, 1.165) is 32.7 Å². The molecule has 5 aromatic rings. The standard InChI is InChI=1S/C39H48N10O7S3/c1-24-7-10-29(20-34(24)59(41,53)54)49(38-42-18-16-35(45-38)47(4)28-11-14-31-26(3)48(5)46-33(31)19-28)39(52)56-22-25(2)58-57-23-36(50)44-32(15-17-40)37(51)43-21-27-8-12-30(55-6)13-9-27/h7-14,16,18-20,25,32H,15,17,21-23,40H2,1-6H3,(H,43,51)(H,44,50)(H2,41,53,54)/t25-,32+/m1/s1. The highest BCUT2D eigenvalue weighted by Crippen LogP contribution is 2.32. The van der Waals surface area contributed by atoms with Gasteiger partial charge in [-0.1, -0.05) is 39.8 Å². The fourth-order valence-electron chi connectivity index (χ4n) is 5.84. The van der Waals surface area contributed by atoms with Gasteiger partial charge in [-0.05, 0) is 93.4 Å². The van der Waals surface area contributed by atoms with E-state index < -0.39 is 22.2 Å². The molecule has 20 heteroatoms. The lowest BCUT2D eigenvalue weighted by Crippen LogP contribution is -2.48. The first kappa shape index (κ1) is 44.7. The van der Waals surface area contributed by atoms with Gasteiger partial charge in [-0.15, -0.1) is 0 Å². The van der Waals surface area contributed by atoms with Crippen LogP contribution in [0.3, 0.4) is 0 Å². The molecular weight excluding hydrogens is 817 g/mol. The number of anilines is 4. The van der Waals surface area contributed by atoms with Crippen LogP contribution in [0, 0.1) is 13.8 Å². The van der Waals surface area contributed by atoms with Crippen molar-refractivity contribution in [2.45, 2.75) is 49.9 Å². The Kier molecular flexibility index (Phi) is 15.2. The summed E-state index contributed by atoms with van der Waals surface area (Å²) in [5, 5.41) is 16.4. The number of hydrogen-bond donors (Lipinski definition) is 4. The topological polar surface area (TPSA) is 230 Å². The van der Waals surface area contributed by atoms with Crippen molar-refractivity contribution in [3.05, 3.63) is 89.7 Å². The molecule has 3 amide bonds. The van der Waals surface area contributed by atoms with Gasteiger partial charge in [-0.3, -0.25) is 14.3 Å². The zero-order valence-corrected chi connectivity index (χ0v) is 36.0. The van der Waals surface area contributed by atoms with Crippen molar-refractivity contribution in [2.75, 3.05) is 42.9 Å². The smallest absolute Gasteiger partial charge is 0.421 e. The molecule has 0 bridgehead atoms. The summed E-state index contributed by atoms with van der Waals surface area (Å²) in [5.74, 6) is 0.354. The van der Waals surface area contributed by atoms with Gasteiger partial charge >= 0.3 is 6.09 Å². The molecule has 17 nitrogen and oxygen atoms in total. The second-order valence-corrected chi connectivity index (χ2v) is 17.9. The second-order valence-electron chi connectivity index (χ2n) is 13.5. The number of aromatic nitrogens is 4. The Morgan fingerprint density at radius 1 is 1.02 bits per heavy atom. The van der Waals surface area contributed by atoms with Crippen LogP contribution in [0.25, 0.3) is 10.9 Å². The molecule has 0 saturated heterocycles. The molecule has 0 spiro atoms. The molecule has 314 valence electrons. The maximum atomic E-state index is 13.9. The maximum Gasteiger partial charge on any atom is 0.421 e. The van der Waals surface area contributed by atoms with Crippen LogP contribution in [0.5, 0.6) is 5.75 Å². The van der Waals surface area contributed by atoms with Gasteiger partial charge in [0.05, 0.1) is 29.0 Å². The second kappa shape index (κ2) is 20.0. The lowest BCUT2D eigenvalue weighted by molar-refractivity contribution is -0.128. The highest BCUT2D eigenvalue weighted by Gasteiger charge is 2.27. The maximum absolute atomic E-state index is 13.9. The van der Waals surface area contributed by atoms with Crippen molar-refractivity contribution in [1.29, 1.82) is 0 Å². The first-order chi connectivity index (χ1) is 28.1. The molecule has 5 rings (SSSR count). The number of carbonyl (C=O) groups excluding carboxylic acids is 3. The summed E-state index contributed by atoms with van der Waals surface area (Å²) in [4.78, 5) is 51.4. The molecule has 0 aliphatic carbocycles. The van der Waals surface area contributed by atoms with Gasteiger partial charge in [0.1, 0.15) is 24.2 Å². The lowest BCUT2D eigenvalue weighted by Gasteiger charge is -2.24. The number of nitrogens with one attached hydrogen (secondary N) is 2. The van der Waals surface area contributed by atoms with E-state index in [0.29, 0.717) is 17.1 Å². The number of aryl methyl sites for hydroxylation is 3. The Morgan fingerprint density at radius 3 is 2.44 bits per heavy atom. The van der Waals surface area contributed by atoms with Crippen LogP contribution in [-0.2, 0) is 37.9 Å². The third kappa shape index (κ3) is 11.6. The monoisotopic (exact) mass is 864 g/mol. The summed E-state index contributed by atoms with van der Waals surface area (Å²) in [6.07, 6.45) is 0.861. The van der Waals surface area contributed by atoms with Crippen molar-refractivity contribution < 1.29 is 32.3 Å². The van der Waals surface area contributed by atoms with Crippen molar-refractivity contribution in [3.8, 4) is 5.75 Å². The molecule has 2 atom stereocenters. The predicted octanol–water partition coefficient (Wildman–Crippen LogP) is 4.60. The summed E-state index contributed by atoms with van der Waals surface area (Å²) in [7, 11) is 3.64. The molecule has 2 heterocycles. The van der Waals surface area contributed by atoms with Gasteiger partial charge in [-0.25, -0.2) is 28.2 Å². The Bertz CT molecular complexity index is 2400. The van der Waals surface area contributed by atoms with Gasteiger partial charge in [-0.2, -0.15) is 10.1 Å². The Morgan fingerprint density at radius 2 is 1.75 bits per heavy atom. The number of sulfonamides is 1. The van der Waals surface area contributed by atoms with Crippen LogP contribution in [0.2, 0.25) is 0 Å². The van der Waals surface area contributed by atoms with E-state index in [9.17, 15) is 22.8 Å². The van der Waals surface area contributed by atoms with Crippen LogP contribution in [0.4, 0.5) is 27.9 Å². The molecular formula is C39H48N10O7S3. The minimum Gasteiger partial charge on any atom is -0.497 e. The number of amides is 3. The van der Waals surface area contributed by atoms with E-state index in [1.165, 1.54) is 39.9 Å². The van der Waals surface area contributed by atoms with E-state index in [-0.39, 0.29) is 65.5 Å². The molecule has 3 aromatic carbocycles. The van der Waals surface area contributed by atoms with Crippen molar-refractivity contribution in [2.24, 2.45) is 17.9 Å². The fraction of sp³-hybridized carbons (Fsp3) is 0.333. The van der Waals surface area contributed by atoms with Crippen molar-refractivity contribution >= 4 is 83.6 Å². The molecule has 0 saturated carbocycles. The average molecular weight is 865 g/mol. The number of rotatable bonds is 18. The Balaban J connectivity index is 1.23. The minimum atomic E-state index is -4.16. The Labute approximate surface area is 351 Å². The molecule has 0 radical (unpaired) electrons. The minimum absolute atomic E-state index is 0.0165. The molecule has 2 aromatic heterocycles. The first-order valence-corrected chi connectivity index (χ1v) is 22.3. The number of benzene rings is 3. The number of primary sulfonamides is 1. The van der Waals surface area contributed by atoms with Crippen LogP contribution >= 0.6 is 21.6 Å². The molecule has 0 aliphatic rings. The highest BCUT2D eigenvalue weighted by molar-refractivity contribution is 8.77. The third-order valence-electron chi connectivity index (χ3n) is 9.19. The SMILES string of the molecule is COc1ccc(CNC(=O)[C@H](CCN)NC(=O)CSS[C@H](C)COC(=O)N(c2ccc(C)c(S(N)(=O)=O)c2)c2nccc(N(C)c3ccc4c(C)n(C)nc4c3)n2)cc1. The molecule has 59 heavy (non-hydrogen) atoms. The average Bonchev–Trinajstić information content (AvgIpc) is 3.50. The molecule has 6 N–H and O–H groups in total. The van der Waals surface area contributed by atoms with E-state index in [4.69, 9.17) is 20.3 Å². The van der Waals surface area contributed by atoms with E-state index in [1.807, 2.05) is 67.9 Å². The molecule has 0 aliphatic heterocycles. The number of fused-ring (bicyclic) bond motifs is 1. The fourth-order valence-corrected chi connectivity index (χ4v) is 8.65. The van der Waals surface area contributed by atoms with Gasteiger partial charge < -0.3 is 30.7 Å². The molecule has 0 unspecified atom stereocenters. The van der Waals surface area contributed by atoms with Crippen LogP contribution in [-0.4, -0.2) is 90.4 Å². The predicted molar refractivity (Wildman–Crippen MR) is 232 cm³/mol. The van der Waals surface area contributed by atoms with Crippen LogP contribution in [0.15, 0.2) is 77.8 Å². The number of methoxy groups -OCH3 is 1. The van der Waals surface area contributed by atoms with Gasteiger partial charge in [0.2, 0.25) is 27.8 Å². The number of ether oxygens (including phenoxy) is 2. The summed E-state index contributed by atoms with van der Waals surface area (Å²) < 4.78 is 37.7. The van der Waals surface area contributed by atoms with Gasteiger partial charge in [0.25, 0.3) is 0 Å². The van der Waals surface area contributed by atoms with Crippen molar-refractivity contribution in [1.82, 2.24) is 30.4 Å². The van der Waals surface area contributed by atoms with Gasteiger partial charge in [0.15, 0.2) is 0 Å². The van der Waals surface area contributed by atoms with Crippen molar-refractivity contribution in [3.63, 3.8) is 0 Å². The number of nitrogens with two attached hydrogens (primary N) is 2. The zero-order chi connectivity index (χ0) is 42.9. The first-order valence-electron chi connectivity index (χ1n) is 18.4. The highest BCUT2D eigenvalue weighted by atomic mass is 33.1. The van der Waals surface area contributed by atoms with Crippen LogP contribution < -0.4 is 36.0 Å². The zero-order valence-electron chi connectivity index (χ0n) is 33.5. The summed E-state index contributed by atoms with van der Waals surface area (Å²) in [5.41, 5.74) is 9.70. The van der Waals surface area contributed by atoms with Gasteiger partial charge in [0, 0.05) is 48.9 Å². The van der Waals surface area contributed by atoms with E-state index in [2.05, 4.69) is 25.7 Å². The third-order valence-corrected chi connectivity index (χ3v) is 13.0. The summed E-state index contributed by atoms with van der Waals surface area (Å²) >= 11 is 0. The molecule has 0 fully saturated rings. The number of carbonyl (C=O) groups is 3. The van der Waals surface area contributed by atoms with E-state index in [1.54, 1.807) is 38.3 Å². The summed E-state index contributed by atoms with van der Waals surface area (Å²) in [6.45, 7) is 5.77. The largest absolute Gasteiger partial charge is 0.497 e. The van der Waals surface area contributed by atoms with Crippen LogP contribution in [0.1, 0.15) is 30.2 Å². The quantitative estimate of drug-likeness (QED) is 0.0883. The van der Waals surface area contributed by atoms with E-state index >= 15 is 0 Å². The lowest BCUT2D eigenvalue weighted by atomic mass is 10.1. The summed E-state index contributed by atoms with van der Waals surface area (Å²) in [6, 6.07) is 18.3. The number of nitrogens with zero attached hydrogens (tertiary/aromatic N) is 6. The Hall–Kier alpha value is -5.41.